The molecule has 0 bridgehead atoms. The zero-order valence-electron chi connectivity index (χ0n) is 7.83. The van der Waals surface area contributed by atoms with Gasteiger partial charge in [0.1, 0.15) is 13.2 Å². The first-order valence-electron chi connectivity index (χ1n) is 4.13. The SMILES string of the molecule is CC(C)C1(C)CON=C(N)OC1. The fourth-order valence-corrected chi connectivity index (χ4v) is 0.884. The van der Waals surface area contributed by atoms with Crippen LogP contribution in [0.2, 0.25) is 0 Å². The van der Waals surface area contributed by atoms with E-state index in [4.69, 9.17) is 15.3 Å². The number of amidine groups is 1. The Kier molecular flexibility index (Phi) is 2.45. The molecule has 0 spiro atoms. The van der Waals surface area contributed by atoms with E-state index in [1.54, 1.807) is 0 Å². The van der Waals surface area contributed by atoms with Gasteiger partial charge < -0.3 is 15.3 Å². The molecule has 0 aromatic rings. The summed E-state index contributed by atoms with van der Waals surface area (Å²) in [6, 6.07) is 0.124. The van der Waals surface area contributed by atoms with Gasteiger partial charge in [-0.1, -0.05) is 20.8 Å². The lowest BCUT2D eigenvalue weighted by atomic mass is 9.81. The molecule has 1 aliphatic rings. The van der Waals surface area contributed by atoms with Crippen LogP contribution in [-0.2, 0) is 9.57 Å². The molecular formula is C8H16N2O2. The van der Waals surface area contributed by atoms with E-state index in [0.29, 0.717) is 19.1 Å². The van der Waals surface area contributed by atoms with Crippen molar-refractivity contribution in [1.29, 1.82) is 0 Å². The number of hydrogen-bond donors (Lipinski definition) is 1. The summed E-state index contributed by atoms with van der Waals surface area (Å²) in [4.78, 5) is 5.02. The van der Waals surface area contributed by atoms with Crippen molar-refractivity contribution in [3.63, 3.8) is 0 Å². The molecule has 0 saturated heterocycles. The van der Waals surface area contributed by atoms with E-state index < -0.39 is 0 Å². The number of rotatable bonds is 1. The second-order valence-corrected chi connectivity index (χ2v) is 3.80. The molecule has 12 heavy (non-hydrogen) atoms. The summed E-state index contributed by atoms with van der Waals surface area (Å²) in [6.45, 7) is 7.50. The van der Waals surface area contributed by atoms with Gasteiger partial charge in [0.05, 0.1) is 0 Å². The smallest absolute Gasteiger partial charge is 0.321 e. The zero-order chi connectivity index (χ0) is 9.19. The van der Waals surface area contributed by atoms with Crippen LogP contribution in [-0.4, -0.2) is 19.2 Å². The molecule has 4 nitrogen and oxygen atoms in total. The first kappa shape index (κ1) is 9.16. The van der Waals surface area contributed by atoms with E-state index in [1.165, 1.54) is 0 Å². The highest BCUT2D eigenvalue weighted by Crippen LogP contribution is 2.28. The molecule has 4 heteroatoms. The topological polar surface area (TPSA) is 56.8 Å². The zero-order valence-corrected chi connectivity index (χ0v) is 7.83. The number of ether oxygens (including phenoxy) is 1. The molecule has 1 atom stereocenters. The lowest BCUT2D eigenvalue weighted by Crippen LogP contribution is -2.33. The van der Waals surface area contributed by atoms with Crippen LogP contribution in [0.15, 0.2) is 5.16 Å². The quantitative estimate of drug-likeness (QED) is 0.640. The molecule has 0 aromatic heterocycles. The second kappa shape index (κ2) is 3.21. The summed E-state index contributed by atoms with van der Waals surface area (Å²) in [6.07, 6.45) is 0. The lowest BCUT2D eigenvalue weighted by molar-refractivity contribution is 0.0179. The number of nitrogens with zero attached hydrogens (tertiary/aromatic N) is 1. The molecule has 0 saturated carbocycles. The maximum Gasteiger partial charge on any atom is 0.321 e. The molecule has 0 amide bonds. The fraction of sp³-hybridized carbons (Fsp3) is 0.875. The van der Waals surface area contributed by atoms with Crippen molar-refractivity contribution in [3.8, 4) is 0 Å². The predicted molar refractivity (Wildman–Crippen MR) is 46.5 cm³/mol. The molecule has 1 heterocycles. The Bertz CT molecular complexity index is 191. The highest BCUT2D eigenvalue weighted by Gasteiger charge is 2.32. The minimum absolute atomic E-state index is 0.00458. The Morgan fingerprint density at radius 2 is 2.17 bits per heavy atom. The fourth-order valence-electron chi connectivity index (χ4n) is 0.884. The molecular weight excluding hydrogens is 156 g/mol. The van der Waals surface area contributed by atoms with Gasteiger partial charge in [-0.3, -0.25) is 0 Å². The molecule has 1 rings (SSSR count). The van der Waals surface area contributed by atoms with Crippen molar-refractivity contribution < 1.29 is 9.57 Å². The highest BCUT2D eigenvalue weighted by molar-refractivity contribution is 5.70. The Morgan fingerprint density at radius 3 is 2.75 bits per heavy atom. The van der Waals surface area contributed by atoms with Gasteiger partial charge >= 0.3 is 6.02 Å². The van der Waals surface area contributed by atoms with E-state index in [2.05, 4.69) is 25.9 Å². The van der Waals surface area contributed by atoms with Crippen molar-refractivity contribution >= 4 is 6.02 Å². The molecule has 0 aromatic carbocycles. The van der Waals surface area contributed by atoms with Gasteiger partial charge in [0.15, 0.2) is 0 Å². The average Bonchev–Trinajstić information content (AvgIpc) is 2.15. The van der Waals surface area contributed by atoms with Crippen LogP contribution in [0, 0.1) is 11.3 Å². The van der Waals surface area contributed by atoms with E-state index in [-0.39, 0.29) is 11.4 Å². The largest absolute Gasteiger partial charge is 0.463 e. The molecule has 1 unspecified atom stereocenters. The van der Waals surface area contributed by atoms with Gasteiger partial charge in [-0.05, 0) is 11.1 Å². The average molecular weight is 172 g/mol. The minimum Gasteiger partial charge on any atom is -0.463 e. The summed E-state index contributed by atoms with van der Waals surface area (Å²) >= 11 is 0. The maximum atomic E-state index is 5.36. The Labute approximate surface area is 72.7 Å². The third-order valence-electron chi connectivity index (χ3n) is 2.49. The van der Waals surface area contributed by atoms with E-state index in [9.17, 15) is 0 Å². The van der Waals surface area contributed by atoms with Crippen molar-refractivity contribution in [1.82, 2.24) is 0 Å². The standard InChI is InChI=1S/C8H16N2O2/c1-6(2)8(3)4-11-7(9)10-12-5-8/h6H,4-5H2,1-3H3,(H2,9,10). The second-order valence-electron chi connectivity index (χ2n) is 3.80. The third-order valence-corrected chi connectivity index (χ3v) is 2.49. The lowest BCUT2D eigenvalue weighted by Gasteiger charge is -2.29. The van der Waals surface area contributed by atoms with Gasteiger partial charge in [0.25, 0.3) is 0 Å². The van der Waals surface area contributed by atoms with Gasteiger partial charge in [-0.2, -0.15) is 0 Å². The molecule has 0 fully saturated rings. The first-order valence-corrected chi connectivity index (χ1v) is 4.13. The van der Waals surface area contributed by atoms with E-state index >= 15 is 0 Å². The third kappa shape index (κ3) is 1.81. The molecule has 2 N–H and O–H groups in total. The van der Waals surface area contributed by atoms with Crippen molar-refractivity contribution in [2.45, 2.75) is 20.8 Å². The van der Waals surface area contributed by atoms with Crippen molar-refractivity contribution in [2.75, 3.05) is 13.2 Å². The van der Waals surface area contributed by atoms with Crippen molar-refractivity contribution in [3.05, 3.63) is 0 Å². The summed E-state index contributed by atoms with van der Waals surface area (Å²) < 4.78 is 5.18. The number of nitrogens with two attached hydrogens (primary N) is 1. The Balaban J connectivity index is 2.61. The molecule has 0 aliphatic carbocycles. The van der Waals surface area contributed by atoms with Crippen LogP contribution in [0.4, 0.5) is 0 Å². The summed E-state index contributed by atoms with van der Waals surface area (Å²) in [7, 11) is 0. The highest BCUT2D eigenvalue weighted by atomic mass is 16.7. The Morgan fingerprint density at radius 1 is 1.50 bits per heavy atom. The maximum absolute atomic E-state index is 5.36. The predicted octanol–water partition coefficient (Wildman–Crippen LogP) is 0.925. The molecule has 1 aliphatic heterocycles. The first-order chi connectivity index (χ1) is 5.54. The van der Waals surface area contributed by atoms with E-state index in [1.807, 2.05) is 0 Å². The number of hydrogen-bond acceptors (Lipinski definition) is 4. The van der Waals surface area contributed by atoms with Gasteiger partial charge in [-0.25, -0.2) is 0 Å². The van der Waals surface area contributed by atoms with Crippen LogP contribution in [0.3, 0.4) is 0 Å². The normalized spacial score (nSPS) is 30.2. The summed E-state index contributed by atoms with van der Waals surface area (Å²) in [5.74, 6) is 0.485. The monoisotopic (exact) mass is 172 g/mol. The van der Waals surface area contributed by atoms with Crippen molar-refractivity contribution in [2.24, 2.45) is 22.2 Å². The summed E-state index contributed by atoms with van der Waals surface area (Å²) in [5, 5.41) is 3.57. The van der Waals surface area contributed by atoms with Gasteiger partial charge in [-0.15, -0.1) is 0 Å². The van der Waals surface area contributed by atoms with Crippen LogP contribution >= 0.6 is 0 Å². The van der Waals surface area contributed by atoms with Crippen LogP contribution in [0.5, 0.6) is 0 Å². The molecule has 70 valence electrons. The molecule has 0 radical (unpaired) electrons. The summed E-state index contributed by atoms with van der Waals surface area (Å²) in [5.41, 5.74) is 5.36. The van der Waals surface area contributed by atoms with Gasteiger partial charge in [0, 0.05) is 5.41 Å². The van der Waals surface area contributed by atoms with Crippen LogP contribution in [0.25, 0.3) is 0 Å². The van der Waals surface area contributed by atoms with E-state index in [0.717, 1.165) is 0 Å². The van der Waals surface area contributed by atoms with Crippen LogP contribution < -0.4 is 5.73 Å². The number of oxime groups is 1. The minimum atomic E-state index is 0.00458. The van der Waals surface area contributed by atoms with Crippen LogP contribution in [0.1, 0.15) is 20.8 Å². The van der Waals surface area contributed by atoms with Gasteiger partial charge in [0.2, 0.25) is 0 Å². The Hall–Kier alpha value is -0.930.